The molecular formula is C12H8Cl3FN2O. The highest BCUT2D eigenvalue weighted by atomic mass is 35.5. The Labute approximate surface area is 123 Å². The van der Waals surface area contributed by atoms with Crippen molar-refractivity contribution in [3.63, 3.8) is 0 Å². The van der Waals surface area contributed by atoms with Gasteiger partial charge in [-0.1, -0.05) is 34.8 Å². The molecule has 0 bridgehead atoms. The van der Waals surface area contributed by atoms with E-state index in [-0.39, 0.29) is 32.9 Å². The lowest BCUT2D eigenvalue weighted by molar-refractivity contribution is 0.445. The Hall–Kier alpha value is -1.36. The summed E-state index contributed by atoms with van der Waals surface area (Å²) >= 11 is 17.3. The van der Waals surface area contributed by atoms with Crippen molar-refractivity contribution >= 4 is 46.2 Å². The molecule has 0 amide bonds. The second-order valence-electron chi connectivity index (χ2n) is 3.69. The predicted octanol–water partition coefficient (Wildman–Crippen LogP) is 4.74. The van der Waals surface area contributed by atoms with Crippen LogP contribution in [-0.4, -0.2) is 0 Å². The molecule has 0 aliphatic rings. The van der Waals surface area contributed by atoms with Crippen LogP contribution in [0.2, 0.25) is 15.1 Å². The van der Waals surface area contributed by atoms with Crippen LogP contribution in [0, 0.1) is 5.82 Å². The molecule has 100 valence electrons. The molecule has 0 radical (unpaired) electrons. The van der Waals surface area contributed by atoms with Crippen molar-refractivity contribution in [2.24, 2.45) is 0 Å². The van der Waals surface area contributed by atoms with Gasteiger partial charge in [0.25, 0.3) is 0 Å². The minimum Gasteiger partial charge on any atom is -0.452 e. The first-order chi connectivity index (χ1) is 8.90. The first kappa shape index (κ1) is 14.1. The second-order valence-corrected chi connectivity index (χ2v) is 4.88. The lowest BCUT2D eigenvalue weighted by Gasteiger charge is -2.12. The number of nitrogen functional groups attached to an aromatic ring is 2. The molecule has 2 rings (SSSR count). The van der Waals surface area contributed by atoms with Crippen LogP contribution in [0.25, 0.3) is 0 Å². The normalized spacial score (nSPS) is 10.5. The third-order valence-electron chi connectivity index (χ3n) is 2.33. The Balaban J connectivity index is 2.43. The molecule has 3 nitrogen and oxygen atoms in total. The molecule has 4 N–H and O–H groups in total. The van der Waals surface area contributed by atoms with Crippen LogP contribution in [0.15, 0.2) is 24.3 Å². The number of ether oxygens (including phenoxy) is 1. The van der Waals surface area contributed by atoms with E-state index in [1.54, 1.807) is 0 Å². The molecule has 19 heavy (non-hydrogen) atoms. The third-order valence-corrected chi connectivity index (χ3v) is 3.45. The van der Waals surface area contributed by atoms with E-state index in [2.05, 4.69) is 0 Å². The second kappa shape index (κ2) is 5.33. The van der Waals surface area contributed by atoms with E-state index in [4.69, 9.17) is 51.0 Å². The van der Waals surface area contributed by atoms with Crippen molar-refractivity contribution in [1.29, 1.82) is 0 Å². The Bertz CT molecular complexity index is 649. The zero-order valence-corrected chi connectivity index (χ0v) is 11.7. The number of benzene rings is 2. The topological polar surface area (TPSA) is 61.3 Å². The maximum absolute atomic E-state index is 13.9. The van der Waals surface area contributed by atoms with E-state index in [1.165, 1.54) is 24.3 Å². The summed E-state index contributed by atoms with van der Waals surface area (Å²) in [4.78, 5) is 0. The number of hydrogen-bond donors (Lipinski definition) is 2. The smallest absolute Gasteiger partial charge is 0.188 e. The largest absolute Gasteiger partial charge is 0.452 e. The van der Waals surface area contributed by atoms with E-state index < -0.39 is 5.82 Å². The van der Waals surface area contributed by atoms with E-state index in [0.29, 0.717) is 5.02 Å². The van der Waals surface area contributed by atoms with E-state index in [1.807, 2.05) is 0 Å². The number of anilines is 2. The van der Waals surface area contributed by atoms with Gasteiger partial charge in [0, 0.05) is 6.07 Å². The minimum atomic E-state index is -0.828. The van der Waals surface area contributed by atoms with Crippen molar-refractivity contribution in [3.05, 3.63) is 45.2 Å². The zero-order valence-electron chi connectivity index (χ0n) is 9.38. The molecule has 0 atom stereocenters. The van der Waals surface area contributed by atoms with Gasteiger partial charge in [0.2, 0.25) is 0 Å². The molecule has 0 saturated heterocycles. The minimum absolute atomic E-state index is 0.0328. The molecule has 0 unspecified atom stereocenters. The van der Waals surface area contributed by atoms with Crippen LogP contribution < -0.4 is 16.2 Å². The van der Waals surface area contributed by atoms with Crippen LogP contribution in [0.3, 0.4) is 0 Å². The summed E-state index contributed by atoms with van der Waals surface area (Å²) in [6, 6.07) is 5.80. The predicted molar refractivity (Wildman–Crippen MR) is 76.8 cm³/mol. The quantitative estimate of drug-likeness (QED) is 0.785. The van der Waals surface area contributed by atoms with Gasteiger partial charge in [-0.3, -0.25) is 0 Å². The van der Waals surface area contributed by atoms with Gasteiger partial charge in [-0.15, -0.1) is 0 Å². The van der Waals surface area contributed by atoms with Gasteiger partial charge in [0.15, 0.2) is 11.6 Å². The summed E-state index contributed by atoms with van der Waals surface area (Å²) in [5.74, 6) is -0.760. The van der Waals surface area contributed by atoms with Gasteiger partial charge >= 0.3 is 0 Å². The number of hydrogen-bond acceptors (Lipinski definition) is 3. The molecule has 0 aromatic heterocycles. The molecule has 0 heterocycles. The summed E-state index contributed by atoms with van der Waals surface area (Å²) in [5, 5.41) is 0.391. The highest BCUT2D eigenvalue weighted by Gasteiger charge is 2.16. The first-order valence-corrected chi connectivity index (χ1v) is 6.19. The number of halogens is 4. The molecular weight excluding hydrogens is 314 g/mol. The highest BCUT2D eigenvalue weighted by Crippen LogP contribution is 2.39. The van der Waals surface area contributed by atoms with Gasteiger partial charge in [-0.2, -0.15) is 0 Å². The average molecular weight is 322 g/mol. The lowest BCUT2D eigenvalue weighted by atomic mass is 10.2. The van der Waals surface area contributed by atoms with E-state index in [0.717, 1.165) is 0 Å². The van der Waals surface area contributed by atoms with Crippen LogP contribution in [0.4, 0.5) is 15.8 Å². The van der Waals surface area contributed by atoms with Gasteiger partial charge in [-0.25, -0.2) is 4.39 Å². The van der Waals surface area contributed by atoms with Crippen LogP contribution in [0.1, 0.15) is 0 Å². The van der Waals surface area contributed by atoms with Gasteiger partial charge in [-0.05, 0) is 18.2 Å². The average Bonchev–Trinajstić information content (AvgIpc) is 2.36. The maximum atomic E-state index is 13.9. The molecule has 7 heteroatoms. The molecule has 0 aliphatic carbocycles. The SMILES string of the molecule is Nc1cc(N)c(Oc2ccc(Cl)c(Cl)c2)c(F)c1Cl. The Kier molecular flexibility index (Phi) is 3.94. The maximum Gasteiger partial charge on any atom is 0.188 e. The first-order valence-electron chi connectivity index (χ1n) is 5.06. The Morgan fingerprint density at radius 2 is 1.63 bits per heavy atom. The fourth-order valence-electron chi connectivity index (χ4n) is 1.41. The molecule has 2 aromatic rings. The summed E-state index contributed by atoms with van der Waals surface area (Å²) in [7, 11) is 0. The van der Waals surface area contributed by atoms with Gasteiger partial charge in [0.05, 0.1) is 21.4 Å². The third kappa shape index (κ3) is 2.81. The standard InChI is InChI=1S/C12H8Cl3FN2O/c13-6-2-1-5(3-7(6)14)19-12-9(18)4-8(17)10(15)11(12)16/h1-4H,17-18H2. The fraction of sp³-hybridized carbons (Fsp3) is 0. The van der Waals surface area contributed by atoms with E-state index in [9.17, 15) is 4.39 Å². The molecule has 0 fully saturated rings. The van der Waals surface area contributed by atoms with Gasteiger partial charge in [0.1, 0.15) is 10.8 Å². The van der Waals surface area contributed by atoms with E-state index >= 15 is 0 Å². The van der Waals surface area contributed by atoms with Crippen LogP contribution in [0.5, 0.6) is 11.5 Å². The van der Waals surface area contributed by atoms with Crippen molar-refractivity contribution in [1.82, 2.24) is 0 Å². The van der Waals surface area contributed by atoms with Crippen molar-refractivity contribution < 1.29 is 9.13 Å². The lowest BCUT2D eigenvalue weighted by Crippen LogP contribution is -1.99. The van der Waals surface area contributed by atoms with Crippen LogP contribution in [-0.2, 0) is 0 Å². The van der Waals surface area contributed by atoms with Crippen molar-refractivity contribution in [2.45, 2.75) is 0 Å². The Morgan fingerprint density at radius 1 is 0.947 bits per heavy atom. The summed E-state index contributed by atoms with van der Waals surface area (Å²) in [6.45, 7) is 0. The molecule has 2 aromatic carbocycles. The number of nitrogens with two attached hydrogens (primary N) is 2. The summed E-state index contributed by atoms with van der Waals surface area (Å²) in [6.07, 6.45) is 0. The summed E-state index contributed by atoms with van der Waals surface area (Å²) < 4.78 is 19.2. The van der Waals surface area contributed by atoms with Gasteiger partial charge < -0.3 is 16.2 Å². The highest BCUT2D eigenvalue weighted by molar-refractivity contribution is 6.42. The molecule has 0 saturated carbocycles. The van der Waals surface area contributed by atoms with Crippen molar-refractivity contribution in [3.8, 4) is 11.5 Å². The number of rotatable bonds is 2. The monoisotopic (exact) mass is 320 g/mol. The molecule has 0 aliphatic heterocycles. The van der Waals surface area contributed by atoms with Crippen molar-refractivity contribution in [2.75, 3.05) is 11.5 Å². The zero-order chi connectivity index (χ0) is 14.2. The molecule has 0 spiro atoms. The van der Waals surface area contributed by atoms with Crippen LogP contribution >= 0.6 is 34.8 Å². The fourth-order valence-corrected chi connectivity index (χ4v) is 1.84. The Morgan fingerprint density at radius 3 is 2.26 bits per heavy atom. The summed E-state index contributed by atoms with van der Waals surface area (Å²) in [5.41, 5.74) is 11.2.